The van der Waals surface area contributed by atoms with Crippen molar-refractivity contribution in [2.45, 2.75) is 19.0 Å². The molecule has 1 aromatic rings. The number of rotatable bonds is 2. The van der Waals surface area contributed by atoms with Gasteiger partial charge in [-0.2, -0.15) is 13.2 Å². The first kappa shape index (κ1) is 10.5. The second-order valence-electron chi connectivity index (χ2n) is 4.15. The minimum Gasteiger partial charge on any atom is -0.205 e. The standard InChI is InChI=1S/C11H13F3N/c1-15-5-3-2-4-9(15)6-8-7-10(8)11(12,13)14/h2-5,8,10H,6-7H2,1H3/q+1. The fourth-order valence-corrected chi connectivity index (χ4v) is 1.91. The first-order valence-corrected chi connectivity index (χ1v) is 4.98. The molecule has 0 radical (unpaired) electrons. The molecule has 1 fully saturated rings. The van der Waals surface area contributed by atoms with Gasteiger partial charge in [0.1, 0.15) is 7.05 Å². The Labute approximate surface area is 86.5 Å². The van der Waals surface area contributed by atoms with Crippen LogP contribution in [0, 0.1) is 11.8 Å². The largest absolute Gasteiger partial charge is 0.392 e. The summed E-state index contributed by atoms with van der Waals surface area (Å²) in [5.74, 6) is -1.28. The van der Waals surface area contributed by atoms with Crippen molar-refractivity contribution >= 4 is 0 Å². The Balaban J connectivity index is 1.99. The van der Waals surface area contributed by atoms with Gasteiger partial charge in [0.2, 0.25) is 0 Å². The van der Waals surface area contributed by atoms with Crippen molar-refractivity contribution in [3.63, 3.8) is 0 Å². The van der Waals surface area contributed by atoms with E-state index in [4.69, 9.17) is 0 Å². The van der Waals surface area contributed by atoms with Gasteiger partial charge in [0.15, 0.2) is 11.9 Å². The van der Waals surface area contributed by atoms with E-state index in [-0.39, 0.29) is 5.92 Å². The highest BCUT2D eigenvalue weighted by Gasteiger charge is 2.55. The minimum absolute atomic E-state index is 0.210. The molecule has 0 aliphatic heterocycles. The molecule has 4 heteroatoms. The first-order valence-electron chi connectivity index (χ1n) is 4.98. The van der Waals surface area contributed by atoms with E-state index in [0.29, 0.717) is 12.8 Å². The summed E-state index contributed by atoms with van der Waals surface area (Å²) < 4.78 is 38.7. The zero-order valence-corrected chi connectivity index (χ0v) is 8.46. The van der Waals surface area contributed by atoms with E-state index in [1.165, 1.54) is 0 Å². The molecule has 2 rings (SSSR count). The van der Waals surface area contributed by atoms with Gasteiger partial charge in [-0.15, -0.1) is 0 Å². The Hall–Kier alpha value is -1.06. The normalized spacial score (nSPS) is 25.3. The van der Waals surface area contributed by atoms with Crippen LogP contribution in [-0.2, 0) is 13.5 Å². The third kappa shape index (κ3) is 2.30. The summed E-state index contributed by atoms with van der Waals surface area (Å²) >= 11 is 0. The van der Waals surface area contributed by atoms with Crippen molar-refractivity contribution < 1.29 is 17.7 Å². The van der Waals surface area contributed by atoms with Crippen molar-refractivity contribution in [2.24, 2.45) is 18.9 Å². The van der Waals surface area contributed by atoms with E-state index in [1.807, 2.05) is 36.0 Å². The third-order valence-corrected chi connectivity index (χ3v) is 2.98. The summed E-state index contributed by atoms with van der Waals surface area (Å²) in [5.41, 5.74) is 0.967. The van der Waals surface area contributed by atoms with E-state index in [1.54, 1.807) is 0 Å². The Morgan fingerprint density at radius 1 is 1.40 bits per heavy atom. The van der Waals surface area contributed by atoms with Gasteiger partial charge < -0.3 is 0 Å². The Morgan fingerprint density at radius 2 is 2.13 bits per heavy atom. The highest BCUT2D eigenvalue weighted by atomic mass is 19.4. The van der Waals surface area contributed by atoms with Gasteiger partial charge in [-0.05, 0) is 12.3 Å². The molecule has 0 saturated heterocycles. The summed E-state index contributed by atoms with van der Waals surface area (Å²) in [5, 5.41) is 0. The average molecular weight is 216 g/mol. The van der Waals surface area contributed by atoms with E-state index >= 15 is 0 Å². The zero-order valence-electron chi connectivity index (χ0n) is 8.46. The summed E-state index contributed by atoms with van der Waals surface area (Å²) in [6.45, 7) is 0. The second kappa shape index (κ2) is 3.51. The Kier molecular flexibility index (Phi) is 2.44. The van der Waals surface area contributed by atoms with Crippen LogP contribution in [0.2, 0.25) is 0 Å². The third-order valence-electron chi connectivity index (χ3n) is 2.98. The van der Waals surface area contributed by atoms with Crippen molar-refractivity contribution in [1.82, 2.24) is 0 Å². The van der Waals surface area contributed by atoms with Gasteiger partial charge in [0.05, 0.1) is 5.92 Å². The molecule has 1 aliphatic carbocycles. The molecule has 0 aromatic carbocycles. The number of hydrogen-bond acceptors (Lipinski definition) is 0. The monoisotopic (exact) mass is 216 g/mol. The second-order valence-corrected chi connectivity index (χ2v) is 4.15. The van der Waals surface area contributed by atoms with Crippen LogP contribution in [0.5, 0.6) is 0 Å². The maximum atomic E-state index is 12.3. The maximum absolute atomic E-state index is 12.3. The summed E-state index contributed by atoms with van der Waals surface area (Å²) in [6, 6.07) is 5.61. The van der Waals surface area contributed by atoms with Crippen molar-refractivity contribution in [3.05, 3.63) is 30.1 Å². The van der Waals surface area contributed by atoms with Crippen molar-refractivity contribution in [2.75, 3.05) is 0 Å². The highest BCUT2D eigenvalue weighted by molar-refractivity contribution is 5.03. The minimum atomic E-state index is -4.00. The van der Waals surface area contributed by atoms with E-state index in [0.717, 1.165) is 5.69 Å². The number of alkyl halides is 3. The quantitative estimate of drug-likeness (QED) is 0.667. The molecule has 1 aliphatic rings. The lowest BCUT2D eigenvalue weighted by Gasteiger charge is -2.04. The fourth-order valence-electron chi connectivity index (χ4n) is 1.91. The number of halogens is 3. The van der Waals surface area contributed by atoms with Gasteiger partial charge in [-0.1, -0.05) is 6.07 Å². The number of pyridine rings is 1. The van der Waals surface area contributed by atoms with Crippen molar-refractivity contribution in [1.29, 1.82) is 0 Å². The van der Waals surface area contributed by atoms with Crippen LogP contribution >= 0.6 is 0 Å². The molecule has 0 bridgehead atoms. The summed E-state index contributed by atoms with van der Waals surface area (Å²) in [6.07, 6.45) is -1.32. The van der Waals surface area contributed by atoms with Gasteiger partial charge in [-0.25, -0.2) is 4.57 Å². The Morgan fingerprint density at radius 3 is 2.67 bits per heavy atom. The molecule has 82 valence electrons. The number of nitrogens with zero attached hydrogens (tertiary/aromatic N) is 1. The predicted molar refractivity (Wildman–Crippen MR) is 49.0 cm³/mol. The van der Waals surface area contributed by atoms with Gasteiger partial charge in [0, 0.05) is 18.6 Å². The molecule has 15 heavy (non-hydrogen) atoms. The van der Waals surface area contributed by atoms with Gasteiger partial charge in [-0.3, -0.25) is 0 Å². The van der Waals surface area contributed by atoms with E-state index < -0.39 is 12.1 Å². The topological polar surface area (TPSA) is 3.88 Å². The van der Waals surface area contributed by atoms with Crippen LogP contribution in [0.3, 0.4) is 0 Å². The SMILES string of the molecule is C[n+]1ccccc1CC1CC1C(F)(F)F. The Bertz CT molecular complexity index is 359. The molecule has 0 amide bonds. The number of aromatic nitrogens is 1. The maximum Gasteiger partial charge on any atom is 0.392 e. The lowest BCUT2D eigenvalue weighted by molar-refractivity contribution is -0.679. The van der Waals surface area contributed by atoms with Gasteiger partial charge >= 0.3 is 6.18 Å². The summed E-state index contributed by atoms with van der Waals surface area (Å²) in [4.78, 5) is 0. The lowest BCUT2D eigenvalue weighted by atomic mass is 10.1. The molecule has 0 N–H and O–H groups in total. The molecule has 1 nitrogen and oxygen atoms in total. The molecule has 2 unspecified atom stereocenters. The fraction of sp³-hybridized carbons (Fsp3) is 0.545. The lowest BCUT2D eigenvalue weighted by Crippen LogP contribution is -2.33. The molecule has 1 saturated carbocycles. The molecular weight excluding hydrogens is 203 g/mol. The average Bonchev–Trinajstić information content (AvgIpc) is 2.87. The molecule has 1 aromatic heterocycles. The smallest absolute Gasteiger partial charge is 0.205 e. The van der Waals surface area contributed by atoms with Crippen LogP contribution in [-0.4, -0.2) is 6.18 Å². The van der Waals surface area contributed by atoms with Crippen LogP contribution in [0.4, 0.5) is 13.2 Å². The molecule has 1 heterocycles. The number of aryl methyl sites for hydroxylation is 1. The van der Waals surface area contributed by atoms with E-state index in [9.17, 15) is 13.2 Å². The molecule has 2 atom stereocenters. The van der Waals surface area contributed by atoms with Crippen LogP contribution in [0.25, 0.3) is 0 Å². The number of hydrogen-bond donors (Lipinski definition) is 0. The van der Waals surface area contributed by atoms with Gasteiger partial charge in [0.25, 0.3) is 0 Å². The zero-order chi connectivity index (χ0) is 11.1. The molecule has 0 spiro atoms. The molecular formula is C11H13F3N+. The summed E-state index contributed by atoms with van der Waals surface area (Å²) in [7, 11) is 1.86. The highest BCUT2D eigenvalue weighted by Crippen LogP contribution is 2.51. The van der Waals surface area contributed by atoms with Crippen LogP contribution in [0.15, 0.2) is 24.4 Å². The van der Waals surface area contributed by atoms with Crippen molar-refractivity contribution in [3.8, 4) is 0 Å². The van der Waals surface area contributed by atoms with E-state index in [2.05, 4.69) is 0 Å². The van der Waals surface area contributed by atoms with Crippen LogP contribution in [0.1, 0.15) is 12.1 Å². The predicted octanol–water partition coefficient (Wildman–Crippen LogP) is 2.25. The first-order chi connectivity index (χ1) is 6.98. The van der Waals surface area contributed by atoms with Crippen LogP contribution < -0.4 is 4.57 Å².